The number of amides is 1. The third-order valence-corrected chi connectivity index (χ3v) is 6.20. The van der Waals surface area contributed by atoms with E-state index < -0.39 is 17.7 Å². The molecule has 192 valence electrons. The fraction of sp³-hybridized carbons (Fsp3) is 0.267. The highest BCUT2D eigenvalue weighted by molar-refractivity contribution is 6.46. The molecule has 0 radical (unpaired) electrons. The zero-order chi connectivity index (χ0) is 26.4. The van der Waals surface area contributed by atoms with Gasteiger partial charge in [-0.05, 0) is 61.4 Å². The molecule has 1 N–H and O–H groups in total. The molecule has 3 aromatic rings. The van der Waals surface area contributed by atoms with Crippen LogP contribution in [0.4, 0.5) is 0 Å². The van der Waals surface area contributed by atoms with E-state index in [9.17, 15) is 14.7 Å². The van der Waals surface area contributed by atoms with Crippen molar-refractivity contribution in [1.82, 2.24) is 4.90 Å². The first-order valence-corrected chi connectivity index (χ1v) is 12.2. The molecule has 7 heteroatoms. The standard InChI is InChI=1S/C30H31NO6/c1-4-36-24-12-8-22(9-13-24)27-26(29(33)30(34)31(27)16-17-35-3)28(32)23-10-14-25(15-11-23)37-19-21-7-5-6-20(2)18-21/h5-15,18,27,32H,4,16-17,19H2,1-3H3/t27-/m0/s1. The summed E-state index contributed by atoms with van der Waals surface area (Å²) in [5.74, 6) is -0.326. The smallest absolute Gasteiger partial charge is 0.295 e. The van der Waals surface area contributed by atoms with Gasteiger partial charge in [0.25, 0.3) is 11.7 Å². The second-order valence-electron chi connectivity index (χ2n) is 8.79. The lowest BCUT2D eigenvalue weighted by Gasteiger charge is -2.25. The number of ether oxygens (including phenoxy) is 3. The lowest BCUT2D eigenvalue weighted by Crippen LogP contribution is -2.32. The molecular weight excluding hydrogens is 470 g/mol. The number of rotatable bonds is 10. The van der Waals surface area contributed by atoms with Crippen LogP contribution in [0.15, 0.2) is 78.4 Å². The van der Waals surface area contributed by atoms with Crippen molar-refractivity contribution >= 4 is 17.4 Å². The van der Waals surface area contributed by atoms with Crippen LogP contribution in [-0.4, -0.2) is 48.6 Å². The van der Waals surface area contributed by atoms with E-state index in [-0.39, 0.29) is 24.5 Å². The number of aryl methyl sites for hydroxylation is 1. The van der Waals surface area contributed by atoms with Gasteiger partial charge in [-0.2, -0.15) is 0 Å². The maximum absolute atomic E-state index is 13.1. The van der Waals surface area contributed by atoms with Gasteiger partial charge in [-0.25, -0.2) is 0 Å². The third-order valence-electron chi connectivity index (χ3n) is 6.20. The number of aliphatic hydroxyl groups excluding tert-OH is 1. The first kappa shape index (κ1) is 26.0. The average Bonchev–Trinajstić information content (AvgIpc) is 3.16. The lowest BCUT2D eigenvalue weighted by atomic mass is 9.95. The van der Waals surface area contributed by atoms with Gasteiger partial charge in [-0.1, -0.05) is 42.0 Å². The summed E-state index contributed by atoms with van der Waals surface area (Å²) >= 11 is 0. The molecule has 1 aliphatic heterocycles. The van der Waals surface area contributed by atoms with E-state index in [1.165, 1.54) is 12.0 Å². The number of ketones is 1. The van der Waals surface area contributed by atoms with E-state index in [0.29, 0.717) is 35.8 Å². The zero-order valence-corrected chi connectivity index (χ0v) is 21.3. The number of nitrogens with zero attached hydrogens (tertiary/aromatic N) is 1. The molecule has 0 aromatic heterocycles. The van der Waals surface area contributed by atoms with Crippen LogP contribution in [0.1, 0.15) is 35.2 Å². The summed E-state index contributed by atoms with van der Waals surface area (Å²) in [6.07, 6.45) is 0. The molecule has 0 bridgehead atoms. The van der Waals surface area contributed by atoms with Crippen LogP contribution >= 0.6 is 0 Å². The molecule has 3 aromatic carbocycles. The summed E-state index contributed by atoms with van der Waals surface area (Å²) in [5.41, 5.74) is 3.37. The highest BCUT2D eigenvalue weighted by Crippen LogP contribution is 2.39. The average molecular weight is 502 g/mol. The summed E-state index contributed by atoms with van der Waals surface area (Å²) in [7, 11) is 1.53. The first-order chi connectivity index (χ1) is 17.9. The highest BCUT2D eigenvalue weighted by atomic mass is 16.5. The number of hydrogen-bond donors (Lipinski definition) is 1. The van der Waals surface area contributed by atoms with Gasteiger partial charge in [0.2, 0.25) is 0 Å². The van der Waals surface area contributed by atoms with Crippen LogP contribution in [0.2, 0.25) is 0 Å². The Labute approximate surface area is 216 Å². The van der Waals surface area contributed by atoms with Gasteiger partial charge in [-0.3, -0.25) is 9.59 Å². The molecule has 1 atom stereocenters. The predicted octanol–water partition coefficient (Wildman–Crippen LogP) is 5.04. The van der Waals surface area contributed by atoms with Crippen LogP contribution in [0.5, 0.6) is 11.5 Å². The van der Waals surface area contributed by atoms with Crippen LogP contribution < -0.4 is 9.47 Å². The molecule has 0 unspecified atom stereocenters. The molecular formula is C30H31NO6. The second kappa shape index (κ2) is 11.8. The first-order valence-electron chi connectivity index (χ1n) is 12.2. The largest absolute Gasteiger partial charge is 0.507 e. The Bertz CT molecular complexity index is 1280. The maximum atomic E-state index is 13.1. The molecule has 0 saturated carbocycles. The number of likely N-dealkylation sites (tertiary alicyclic amines) is 1. The summed E-state index contributed by atoms with van der Waals surface area (Å²) in [5, 5.41) is 11.2. The molecule has 7 nitrogen and oxygen atoms in total. The minimum absolute atomic E-state index is 0.0405. The third kappa shape index (κ3) is 5.84. The quantitative estimate of drug-likeness (QED) is 0.238. The SMILES string of the molecule is CCOc1ccc([C@H]2C(=C(O)c3ccc(OCc4cccc(C)c4)cc3)C(=O)C(=O)N2CCOC)cc1. The van der Waals surface area contributed by atoms with E-state index in [2.05, 4.69) is 6.07 Å². The van der Waals surface area contributed by atoms with Crippen molar-refractivity contribution < 1.29 is 28.9 Å². The van der Waals surface area contributed by atoms with E-state index in [1.54, 1.807) is 48.5 Å². The monoisotopic (exact) mass is 501 g/mol. The molecule has 4 rings (SSSR count). The fourth-order valence-electron chi connectivity index (χ4n) is 4.39. The number of carbonyl (C=O) groups excluding carboxylic acids is 2. The molecule has 1 heterocycles. The van der Waals surface area contributed by atoms with Crippen molar-refractivity contribution in [3.05, 3.63) is 101 Å². The maximum Gasteiger partial charge on any atom is 0.295 e. The van der Waals surface area contributed by atoms with Crippen molar-refractivity contribution in [3.63, 3.8) is 0 Å². The Balaban J connectivity index is 1.63. The van der Waals surface area contributed by atoms with E-state index in [4.69, 9.17) is 14.2 Å². The zero-order valence-electron chi connectivity index (χ0n) is 21.3. The van der Waals surface area contributed by atoms with Crippen LogP contribution in [0.3, 0.4) is 0 Å². The van der Waals surface area contributed by atoms with Gasteiger partial charge in [0.05, 0.1) is 24.8 Å². The number of benzene rings is 3. The van der Waals surface area contributed by atoms with Gasteiger partial charge < -0.3 is 24.2 Å². The fourth-order valence-corrected chi connectivity index (χ4v) is 4.39. The second-order valence-corrected chi connectivity index (χ2v) is 8.79. The van der Waals surface area contributed by atoms with Crippen molar-refractivity contribution in [1.29, 1.82) is 0 Å². The summed E-state index contributed by atoms with van der Waals surface area (Å²) in [6, 6.07) is 21.3. The summed E-state index contributed by atoms with van der Waals surface area (Å²) < 4.78 is 16.6. The van der Waals surface area contributed by atoms with Crippen molar-refractivity contribution in [2.45, 2.75) is 26.5 Å². The van der Waals surface area contributed by atoms with Gasteiger partial charge in [0.1, 0.15) is 23.9 Å². The number of Topliss-reactive ketones (excluding diaryl/α,β-unsaturated/α-hetero) is 1. The Morgan fingerprint density at radius 3 is 2.27 bits per heavy atom. The van der Waals surface area contributed by atoms with Gasteiger partial charge in [-0.15, -0.1) is 0 Å². The minimum Gasteiger partial charge on any atom is -0.507 e. The van der Waals surface area contributed by atoms with Crippen molar-refractivity contribution in [2.24, 2.45) is 0 Å². The van der Waals surface area contributed by atoms with Crippen LogP contribution in [-0.2, 0) is 20.9 Å². The minimum atomic E-state index is -0.747. The van der Waals surface area contributed by atoms with Crippen molar-refractivity contribution in [2.75, 3.05) is 26.9 Å². The topological polar surface area (TPSA) is 85.3 Å². The summed E-state index contributed by atoms with van der Waals surface area (Å²) in [6.45, 7) is 5.33. The number of methoxy groups -OCH3 is 1. The Hall–Kier alpha value is -4.10. The predicted molar refractivity (Wildman–Crippen MR) is 140 cm³/mol. The normalized spacial score (nSPS) is 16.7. The number of aliphatic hydroxyl groups is 1. The van der Waals surface area contributed by atoms with Gasteiger partial charge in [0.15, 0.2) is 0 Å². The lowest BCUT2D eigenvalue weighted by molar-refractivity contribution is -0.140. The molecule has 37 heavy (non-hydrogen) atoms. The Morgan fingerprint density at radius 1 is 0.946 bits per heavy atom. The Morgan fingerprint density at radius 2 is 1.62 bits per heavy atom. The molecule has 0 aliphatic carbocycles. The Kier molecular flexibility index (Phi) is 8.25. The van der Waals surface area contributed by atoms with E-state index >= 15 is 0 Å². The summed E-state index contributed by atoms with van der Waals surface area (Å²) in [4.78, 5) is 27.5. The molecule has 1 aliphatic rings. The molecule has 1 fully saturated rings. The van der Waals surface area contributed by atoms with E-state index in [0.717, 1.165) is 11.1 Å². The van der Waals surface area contributed by atoms with Gasteiger partial charge in [0, 0.05) is 19.2 Å². The highest BCUT2D eigenvalue weighted by Gasteiger charge is 2.45. The number of hydrogen-bond acceptors (Lipinski definition) is 6. The van der Waals surface area contributed by atoms with Crippen LogP contribution in [0.25, 0.3) is 5.76 Å². The van der Waals surface area contributed by atoms with Gasteiger partial charge >= 0.3 is 0 Å². The molecule has 0 spiro atoms. The van der Waals surface area contributed by atoms with E-state index in [1.807, 2.05) is 32.0 Å². The number of carbonyl (C=O) groups is 2. The van der Waals surface area contributed by atoms with Crippen molar-refractivity contribution in [3.8, 4) is 11.5 Å². The molecule has 1 saturated heterocycles. The van der Waals surface area contributed by atoms with Crippen LogP contribution in [0, 0.1) is 6.92 Å². The molecule has 1 amide bonds.